The molecule has 1 spiro atoms. The summed E-state index contributed by atoms with van der Waals surface area (Å²) in [6, 6.07) is -0.351. The van der Waals surface area contributed by atoms with Crippen molar-refractivity contribution >= 4 is 11.8 Å². The lowest BCUT2D eigenvalue weighted by atomic mass is 9.85. The standard InChI is InChI=1S/C12H20N2O3/c1-2-3-4-9-10(15)14-12(11(16)13-9)5-7-17-8-6-12/h9H,2-8H2,1H3,(H,13,16)(H,14,15)/t9-/m0/s1. The Hall–Kier alpha value is -1.10. The second-order valence-corrected chi connectivity index (χ2v) is 4.85. The quantitative estimate of drug-likeness (QED) is 0.747. The Labute approximate surface area is 101 Å². The predicted molar refractivity (Wildman–Crippen MR) is 62.4 cm³/mol. The molecule has 2 N–H and O–H groups in total. The smallest absolute Gasteiger partial charge is 0.246 e. The predicted octanol–water partition coefficient (Wildman–Crippen LogP) is 0.340. The topological polar surface area (TPSA) is 67.4 Å². The van der Waals surface area contributed by atoms with E-state index in [-0.39, 0.29) is 17.9 Å². The maximum absolute atomic E-state index is 12.1. The van der Waals surface area contributed by atoms with Gasteiger partial charge >= 0.3 is 0 Å². The van der Waals surface area contributed by atoms with Crippen molar-refractivity contribution < 1.29 is 14.3 Å². The van der Waals surface area contributed by atoms with Crippen LogP contribution in [0.2, 0.25) is 0 Å². The molecule has 2 saturated heterocycles. The zero-order chi connectivity index (χ0) is 12.3. The molecule has 0 saturated carbocycles. The maximum atomic E-state index is 12.1. The summed E-state index contributed by atoms with van der Waals surface area (Å²) in [5.74, 6) is -0.0820. The highest BCUT2D eigenvalue weighted by Gasteiger charge is 2.46. The number of amides is 2. The second-order valence-electron chi connectivity index (χ2n) is 4.85. The molecule has 5 nitrogen and oxygen atoms in total. The van der Waals surface area contributed by atoms with E-state index in [1.54, 1.807) is 0 Å². The molecule has 0 aliphatic carbocycles. The summed E-state index contributed by atoms with van der Waals surface area (Å²) >= 11 is 0. The Kier molecular flexibility index (Phi) is 3.66. The Morgan fingerprint density at radius 3 is 2.71 bits per heavy atom. The number of ether oxygens (including phenoxy) is 1. The average molecular weight is 240 g/mol. The van der Waals surface area contributed by atoms with Gasteiger partial charge < -0.3 is 15.4 Å². The van der Waals surface area contributed by atoms with Gasteiger partial charge in [-0.3, -0.25) is 9.59 Å². The van der Waals surface area contributed by atoms with Crippen molar-refractivity contribution in [2.75, 3.05) is 13.2 Å². The van der Waals surface area contributed by atoms with Gasteiger partial charge in [0, 0.05) is 26.1 Å². The zero-order valence-corrected chi connectivity index (χ0v) is 10.3. The fourth-order valence-electron chi connectivity index (χ4n) is 2.43. The highest BCUT2D eigenvalue weighted by atomic mass is 16.5. The summed E-state index contributed by atoms with van der Waals surface area (Å²) < 4.78 is 5.24. The van der Waals surface area contributed by atoms with E-state index >= 15 is 0 Å². The van der Waals surface area contributed by atoms with Gasteiger partial charge in [-0.2, -0.15) is 0 Å². The Morgan fingerprint density at radius 2 is 2.06 bits per heavy atom. The van der Waals surface area contributed by atoms with Crippen LogP contribution in [0.3, 0.4) is 0 Å². The van der Waals surface area contributed by atoms with Crippen molar-refractivity contribution in [2.45, 2.75) is 50.6 Å². The molecular formula is C12H20N2O3. The summed E-state index contributed by atoms with van der Waals surface area (Å²) in [4.78, 5) is 24.1. The fourth-order valence-corrected chi connectivity index (χ4v) is 2.43. The van der Waals surface area contributed by atoms with Crippen LogP contribution >= 0.6 is 0 Å². The van der Waals surface area contributed by atoms with E-state index in [9.17, 15) is 9.59 Å². The molecule has 2 heterocycles. The first-order valence-corrected chi connectivity index (χ1v) is 6.39. The first-order valence-electron chi connectivity index (χ1n) is 6.39. The molecule has 2 fully saturated rings. The molecule has 0 radical (unpaired) electrons. The normalized spacial score (nSPS) is 27.7. The Morgan fingerprint density at radius 1 is 1.35 bits per heavy atom. The van der Waals surface area contributed by atoms with E-state index < -0.39 is 5.54 Å². The minimum absolute atomic E-state index is 0.0403. The number of piperazine rings is 1. The van der Waals surface area contributed by atoms with Gasteiger partial charge in [0.2, 0.25) is 11.8 Å². The molecule has 5 heteroatoms. The Balaban J connectivity index is 2.01. The summed E-state index contributed by atoms with van der Waals surface area (Å²) in [6.07, 6.45) is 3.85. The molecule has 0 aromatic heterocycles. The van der Waals surface area contributed by atoms with Crippen molar-refractivity contribution in [1.29, 1.82) is 0 Å². The summed E-state index contributed by atoms with van der Waals surface area (Å²) in [5.41, 5.74) is -0.710. The number of rotatable bonds is 3. The van der Waals surface area contributed by atoms with E-state index in [0.717, 1.165) is 19.3 Å². The first-order chi connectivity index (χ1) is 8.18. The van der Waals surface area contributed by atoms with Crippen molar-refractivity contribution in [3.8, 4) is 0 Å². The molecule has 2 rings (SSSR count). The average Bonchev–Trinajstić information content (AvgIpc) is 2.33. The largest absolute Gasteiger partial charge is 0.381 e. The Bertz CT molecular complexity index is 311. The van der Waals surface area contributed by atoms with Gasteiger partial charge in [-0.25, -0.2) is 0 Å². The minimum atomic E-state index is -0.710. The number of hydrogen-bond acceptors (Lipinski definition) is 3. The van der Waals surface area contributed by atoms with Crippen LogP contribution in [0.1, 0.15) is 39.0 Å². The molecule has 1 atom stereocenters. The van der Waals surface area contributed by atoms with Crippen LogP contribution in [0.5, 0.6) is 0 Å². The molecule has 0 aromatic rings. The molecule has 0 bridgehead atoms. The van der Waals surface area contributed by atoms with E-state index in [1.807, 2.05) is 0 Å². The van der Waals surface area contributed by atoms with Crippen molar-refractivity contribution in [3.63, 3.8) is 0 Å². The number of nitrogens with one attached hydrogen (secondary N) is 2. The van der Waals surface area contributed by atoms with Gasteiger partial charge in [-0.1, -0.05) is 19.8 Å². The molecule has 0 aromatic carbocycles. The fraction of sp³-hybridized carbons (Fsp3) is 0.833. The molecule has 17 heavy (non-hydrogen) atoms. The number of carbonyl (C=O) groups is 2. The number of carbonyl (C=O) groups excluding carboxylic acids is 2. The maximum Gasteiger partial charge on any atom is 0.246 e. The van der Waals surface area contributed by atoms with E-state index in [2.05, 4.69) is 17.6 Å². The van der Waals surface area contributed by atoms with Crippen LogP contribution in [-0.4, -0.2) is 36.6 Å². The van der Waals surface area contributed by atoms with Crippen LogP contribution in [0, 0.1) is 0 Å². The SMILES string of the molecule is CCCC[C@@H]1NC(=O)C2(CCOCC2)NC1=O. The monoisotopic (exact) mass is 240 g/mol. The van der Waals surface area contributed by atoms with Gasteiger partial charge in [0.05, 0.1) is 0 Å². The molecule has 2 amide bonds. The van der Waals surface area contributed by atoms with Gasteiger partial charge in [-0.15, -0.1) is 0 Å². The van der Waals surface area contributed by atoms with Gasteiger partial charge in [0.15, 0.2) is 0 Å². The van der Waals surface area contributed by atoms with Gasteiger partial charge in [0.1, 0.15) is 11.6 Å². The number of hydrogen-bond donors (Lipinski definition) is 2. The second kappa shape index (κ2) is 5.04. The summed E-state index contributed by atoms with van der Waals surface area (Å²) in [7, 11) is 0. The van der Waals surface area contributed by atoms with E-state index in [1.165, 1.54) is 0 Å². The van der Waals surface area contributed by atoms with Crippen LogP contribution in [0.25, 0.3) is 0 Å². The molecular weight excluding hydrogens is 220 g/mol. The van der Waals surface area contributed by atoms with Crippen LogP contribution in [0.15, 0.2) is 0 Å². The van der Waals surface area contributed by atoms with Crippen LogP contribution < -0.4 is 10.6 Å². The highest BCUT2D eigenvalue weighted by molar-refractivity contribution is 5.99. The lowest BCUT2D eigenvalue weighted by molar-refractivity contribution is -0.145. The molecule has 96 valence electrons. The molecule has 2 aliphatic rings. The third kappa shape index (κ3) is 2.44. The third-order valence-electron chi connectivity index (χ3n) is 3.61. The highest BCUT2D eigenvalue weighted by Crippen LogP contribution is 2.24. The van der Waals surface area contributed by atoms with Crippen LogP contribution in [0.4, 0.5) is 0 Å². The zero-order valence-electron chi connectivity index (χ0n) is 10.3. The van der Waals surface area contributed by atoms with E-state index in [4.69, 9.17) is 4.74 Å². The van der Waals surface area contributed by atoms with E-state index in [0.29, 0.717) is 26.1 Å². The lowest BCUT2D eigenvalue weighted by Crippen LogP contribution is -2.70. The van der Waals surface area contributed by atoms with Crippen molar-refractivity contribution in [2.24, 2.45) is 0 Å². The van der Waals surface area contributed by atoms with Crippen molar-refractivity contribution in [3.05, 3.63) is 0 Å². The minimum Gasteiger partial charge on any atom is -0.381 e. The summed E-state index contributed by atoms with van der Waals surface area (Å²) in [5, 5.41) is 5.76. The summed E-state index contributed by atoms with van der Waals surface area (Å²) in [6.45, 7) is 3.14. The molecule has 0 unspecified atom stereocenters. The van der Waals surface area contributed by atoms with Crippen molar-refractivity contribution in [1.82, 2.24) is 10.6 Å². The first kappa shape index (κ1) is 12.4. The molecule has 2 aliphatic heterocycles. The number of unbranched alkanes of at least 4 members (excludes halogenated alkanes) is 1. The van der Waals surface area contributed by atoms with Crippen LogP contribution in [-0.2, 0) is 14.3 Å². The van der Waals surface area contributed by atoms with Gasteiger partial charge in [-0.05, 0) is 6.42 Å². The lowest BCUT2D eigenvalue weighted by Gasteiger charge is -2.42. The van der Waals surface area contributed by atoms with Gasteiger partial charge in [0.25, 0.3) is 0 Å². The third-order valence-corrected chi connectivity index (χ3v) is 3.61.